The second-order valence-corrected chi connectivity index (χ2v) is 14.5. The molecule has 4 rings (SSSR count). The van der Waals surface area contributed by atoms with Gasteiger partial charge in [0.15, 0.2) is 0 Å². The van der Waals surface area contributed by atoms with Gasteiger partial charge in [-0.3, -0.25) is 9.69 Å². The number of piperidine rings is 1. The molecule has 0 amide bonds. The number of likely N-dealkylation sites (tertiary alicyclic amines) is 1. The van der Waals surface area contributed by atoms with Gasteiger partial charge >= 0.3 is 12.6 Å². The van der Waals surface area contributed by atoms with Crippen LogP contribution in [-0.2, 0) is 11.3 Å². The van der Waals surface area contributed by atoms with Gasteiger partial charge in [-0.15, -0.1) is 11.3 Å². The van der Waals surface area contributed by atoms with Crippen LogP contribution in [-0.4, -0.2) is 53.2 Å². The molecule has 2 fully saturated rings. The number of hydrogen-bond donors (Lipinski definition) is 2. The number of halogens is 2. The van der Waals surface area contributed by atoms with Crippen molar-refractivity contribution in [1.29, 1.82) is 0 Å². The van der Waals surface area contributed by atoms with Crippen LogP contribution in [0, 0.1) is 17.3 Å². The van der Waals surface area contributed by atoms with Crippen molar-refractivity contribution in [2.24, 2.45) is 17.3 Å². The molecule has 42 heavy (non-hydrogen) atoms. The molecule has 2 aliphatic rings. The molecule has 0 aliphatic carbocycles. The number of unbranched alkanes of at least 4 members (excludes halogenated alkanes) is 2. The van der Waals surface area contributed by atoms with Crippen LogP contribution in [0.25, 0.3) is 10.6 Å². The Bertz CT molecular complexity index is 1150. The number of alkyl halides is 2. The minimum atomic E-state index is -2.92. The van der Waals surface area contributed by atoms with Crippen molar-refractivity contribution in [2.45, 2.75) is 111 Å². The van der Waals surface area contributed by atoms with E-state index in [0.717, 1.165) is 55.6 Å². The van der Waals surface area contributed by atoms with Crippen LogP contribution < -0.4 is 10.1 Å². The molecule has 1 aromatic heterocycles. The Morgan fingerprint density at radius 1 is 1.21 bits per heavy atom. The molecule has 6 nitrogen and oxygen atoms in total. The van der Waals surface area contributed by atoms with Gasteiger partial charge in [0.1, 0.15) is 10.8 Å². The van der Waals surface area contributed by atoms with E-state index in [-0.39, 0.29) is 17.1 Å². The molecule has 2 aromatic rings. The largest absolute Gasteiger partial charge is 0.481 e. The summed E-state index contributed by atoms with van der Waals surface area (Å²) >= 11 is 1.48. The third-order valence-electron chi connectivity index (χ3n) is 9.09. The van der Waals surface area contributed by atoms with Gasteiger partial charge in [-0.1, -0.05) is 59.4 Å². The molecular formula is C33H49F2N3O3S. The summed E-state index contributed by atoms with van der Waals surface area (Å²) in [5.41, 5.74) is 1.77. The number of aliphatic carboxylic acids is 1. The number of rotatable bonds is 11. The molecular weight excluding hydrogens is 556 g/mol. The van der Waals surface area contributed by atoms with Gasteiger partial charge in [-0.05, 0) is 73.6 Å². The van der Waals surface area contributed by atoms with E-state index in [1.54, 1.807) is 12.3 Å². The zero-order valence-corrected chi connectivity index (χ0v) is 26.5. The first kappa shape index (κ1) is 32.8. The molecule has 2 unspecified atom stereocenters. The fourth-order valence-electron chi connectivity index (χ4n) is 6.55. The van der Waals surface area contributed by atoms with E-state index in [2.05, 4.69) is 42.9 Å². The van der Waals surface area contributed by atoms with Gasteiger partial charge in [0.25, 0.3) is 0 Å². The molecule has 0 radical (unpaired) electrons. The summed E-state index contributed by atoms with van der Waals surface area (Å²) in [4.78, 5) is 19.8. The third-order valence-corrected chi connectivity index (χ3v) is 10.1. The molecule has 234 valence electrons. The monoisotopic (exact) mass is 605 g/mol. The number of carbonyl (C=O) groups is 1. The topological polar surface area (TPSA) is 74.7 Å². The number of carboxylic acid groups (broad SMARTS) is 1. The van der Waals surface area contributed by atoms with Crippen molar-refractivity contribution in [2.75, 3.05) is 19.6 Å². The highest BCUT2D eigenvalue weighted by molar-refractivity contribution is 7.15. The first-order valence-corrected chi connectivity index (χ1v) is 16.6. The zero-order valence-electron chi connectivity index (χ0n) is 25.7. The first-order chi connectivity index (χ1) is 20.0. The highest BCUT2D eigenvalue weighted by Gasteiger charge is 2.37. The Morgan fingerprint density at radius 2 is 2.02 bits per heavy atom. The SMILES string of the molecule is CCCCCC1CC(c2ccc(OC(F)F)c(-c3ncc(CN4C[C@H](C(=O)O)C[C@@H](C(C)(C)C)C4)s3)c2)CCCCN1. The predicted molar refractivity (Wildman–Crippen MR) is 165 cm³/mol. The molecule has 4 atom stereocenters. The van der Waals surface area contributed by atoms with Crippen LogP contribution in [0.4, 0.5) is 8.78 Å². The lowest BCUT2D eigenvalue weighted by Gasteiger charge is -2.42. The molecule has 0 spiro atoms. The summed E-state index contributed by atoms with van der Waals surface area (Å²) in [6, 6.07) is 6.13. The van der Waals surface area contributed by atoms with E-state index in [9.17, 15) is 18.7 Å². The van der Waals surface area contributed by atoms with Gasteiger partial charge < -0.3 is 15.2 Å². The van der Waals surface area contributed by atoms with Crippen LogP contribution in [0.5, 0.6) is 5.75 Å². The summed E-state index contributed by atoms with van der Waals surface area (Å²) in [6.07, 6.45) is 11.7. The van der Waals surface area contributed by atoms with Crippen molar-refractivity contribution in [3.63, 3.8) is 0 Å². The van der Waals surface area contributed by atoms with E-state index < -0.39 is 18.5 Å². The number of ether oxygens (including phenoxy) is 1. The molecule has 0 saturated carbocycles. The summed E-state index contributed by atoms with van der Waals surface area (Å²) in [6.45, 7) is 8.78. The average molecular weight is 606 g/mol. The number of carboxylic acids is 1. The van der Waals surface area contributed by atoms with E-state index >= 15 is 0 Å². The average Bonchev–Trinajstić information content (AvgIpc) is 3.37. The summed E-state index contributed by atoms with van der Waals surface area (Å²) in [5, 5.41) is 14.2. The van der Waals surface area contributed by atoms with Crippen molar-refractivity contribution in [3.05, 3.63) is 34.8 Å². The normalized spacial score (nSPS) is 24.4. The Labute approximate surface area is 254 Å². The van der Waals surface area contributed by atoms with E-state index in [1.807, 2.05) is 12.1 Å². The zero-order chi connectivity index (χ0) is 30.3. The Balaban J connectivity index is 1.56. The maximum Gasteiger partial charge on any atom is 0.387 e. The van der Waals surface area contributed by atoms with Crippen molar-refractivity contribution in [1.82, 2.24) is 15.2 Å². The van der Waals surface area contributed by atoms with E-state index in [0.29, 0.717) is 42.0 Å². The van der Waals surface area contributed by atoms with Crippen LogP contribution >= 0.6 is 11.3 Å². The quantitative estimate of drug-likeness (QED) is 0.252. The fraction of sp³-hybridized carbons (Fsp3) is 0.697. The maximum atomic E-state index is 13.4. The second kappa shape index (κ2) is 15.1. The number of nitrogens with one attached hydrogen (secondary N) is 1. The van der Waals surface area contributed by atoms with Gasteiger partial charge in [-0.25, -0.2) is 4.98 Å². The molecule has 2 aliphatic heterocycles. The minimum Gasteiger partial charge on any atom is -0.481 e. The Morgan fingerprint density at radius 3 is 2.74 bits per heavy atom. The molecule has 1 aromatic carbocycles. The number of thiazole rings is 1. The van der Waals surface area contributed by atoms with Gasteiger partial charge in [-0.2, -0.15) is 8.78 Å². The van der Waals surface area contributed by atoms with Crippen LogP contribution in [0.3, 0.4) is 0 Å². The van der Waals surface area contributed by atoms with Crippen LogP contribution in [0.1, 0.15) is 102 Å². The van der Waals surface area contributed by atoms with Crippen LogP contribution in [0.15, 0.2) is 24.4 Å². The summed E-state index contributed by atoms with van der Waals surface area (Å²) < 4.78 is 31.8. The lowest BCUT2D eigenvalue weighted by Crippen LogP contribution is -2.46. The number of aromatic nitrogens is 1. The lowest BCUT2D eigenvalue weighted by atomic mass is 9.73. The van der Waals surface area contributed by atoms with Gasteiger partial charge in [0.05, 0.1) is 11.5 Å². The highest BCUT2D eigenvalue weighted by atomic mass is 32.1. The molecule has 0 bridgehead atoms. The lowest BCUT2D eigenvalue weighted by molar-refractivity contribution is -0.145. The second-order valence-electron chi connectivity index (χ2n) is 13.4. The summed E-state index contributed by atoms with van der Waals surface area (Å²) in [7, 11) is 0. The molecule has 3 heterocycles. The minimum absolute atomic E-state index is 0.00866. The maximum absolute atomic E-state index is 13.4. The van der Waals surface area contributed by atoms with Crippen molar-refractivity contribution < 1.29 is 23.4 Å². The van der Waals surface area contributed by atoms with E-state index in [1.165, 1.54) is 30.6 Å². The van der Waals surface area contributed by atoms with Crippen molar-refractivity contribution >= 4 is 17.3 Å². The van der Waals surface area contributed by atoms with Crippen molar-refractivity contribution in [3.8, 4) is 16.3 Å². The molecule has 9 heteroatoms. The predicted octanol–water partition coefficient (Wildman–Crippen LogP) is 8.18. The first-order valence-electron chi connectivity index (χ1n) is 15.8. The molecule has 2 N–H and O–H groups in total. The third kappa shape index (κ3) is 9.20. The summed E-state index contributed by atoms with van der Waals surface area (Å²) in [5.74, 6) is -0.385. The Hall–Kier alpha value is -2.10. The van der Waals surface area contributed by atoms with Gasteiger partial charge in [0.2, 0.25) is 0 Å². The number of benzene rings is 1. The van der Waals surface area contributed by atoms with Crippen LogP contribution in [0.2, 0.25) is 0 Å². The standard InChI is InChI=1S/C33H49F2N3O3S/c1-5-6-7-11-26-16-22(10-8-9-14-36-26)23-12-13-29(41-32(34)35)28(17-23)30-37-18-27(42-30)21-38-19-24(31(39)40)15-25(20-38)33(2,3)4/h12-13,17-18,22,24-26,32,36H,5-11,14-16,19-21H2,1-4H3,(H,39,40)/t22?,24-,25-,26?/m1/s1. The highest BCUT2D eigenvalue weighted by Crippen LogP contribution is 2.40. The van der Waals surface area contributed by atoms with E-state index in [4.69, 9.17) is 4.74 Å². The van der Waals surface area contributed by atoms with Gasteiger partial charge in [0, 0.05) is 36.8 Å². The number of nitrogens with zero attached hydrogens (tertiary/aromatic N) is 2. The molecule has 2 saturated heterocycles. The smallest absolute Gasteiger partial charge is 0.387 e. The number of hydrogen-bond acceptors (Lipinski definition) is 6. The Kier molecular flexibility index (Phi) is 11.8. The fourth-order valence-corrected chi connectivity index (χ4v) is 7.52.